The first-order valence-corrected chi connectivity index (χ1v) is 22.9. The normalized spacial score (nSPS) is 11.9. The monoisotopic (exact) mass is 1120 g/mol. The Balaban J connectivity index is 0.00000494. The van der Waals surface area contributed by atoms with Crippen LogP contribution >= 0.6 is 0 Å². The topological polar surface area (TPSA) is 402 Å². The van der Waals surface area contributed by atoms with Gasteiger partial charge in [-0.1, -0.05) is 12.1 Å². The molecule has 0 saturated heterocycles. The molecule has 0 aliphatic rings. The van der Waals surface area contributed by atoms with Crippen LogP contribution in [0.5, 0.6) is 23.0 Å². The van der Waals surface area contributed by atoms with E-state index in [1.54, 1.807) is 26.0 Å². The summed E-state index contributed by atoms with van der Waals surface area (Å²) in [5, 5.41) is 90.3. The molecule has 31 heteroatoms. The molecule has 0 heterocycles. The van der Waals surface area contributed by atoms with E-state index in [2.05, 4.69) is 40.8 Å². The van der Waals surface area contributed by atoms with Crippen LogP contribution in [-0.2, 0) is 20.2 Å². The Kier molecular flexibility index (Phi) is 24.9. The number of nitrogens with one attached hydrogen (secondary N) is 1. The van der Waals surface area contributed by atoms with Crippen LogP contribution in [-0.4, -0.2) is 224 Å². The number of nitrogens with zero attached hydrogens (tertiary/aromatic N) is 7. The number of phenols is 2. The maximum absolute atomic E-state index is 11.7. The van der Waals surface area contributed by atoms with Gasteiger partial charge in [0.25, 0.3) is 26.3 Å². The molecule has 6 rings (SSSR count). The maximum atomic E-state index is 11.7. The molecule has 76 heavy (non-hydrogen) atoms. The number of carboxylic acid groups (broad SMARTS) is 2. The van der Waals surface area contributed by atoms with E-state index in [-0.39, 0.29) is 186 Å². The fraction of sp³-hybridized carbons (Fsp3) is 0.0889. The van der Waals surface area contributed by atoms with Crippen LogP contribution in [0.4, 0.5) is 45.5 Å². The van der Waals surface area contributed by atoms with Gasteiger partial charge in [0.1, 0.15) is 43.8 Å². The Hall–Kier alpha value is -5.31. The number of aromatic hydroxyl groups is 2. The Labute approximate surface area is 520 Å². The van der Waals surface area contributed by atoms with Crippen molar-refractivity contribution in [2.45, 2.75) is 23.6 Å². The van der Waals surface area contributed by atoms with Gasteiger partial charge in [0.05, 0.1) is 42.7 Å². The summed E-state index contributed by atoms with van der Waals surface area (Å²) in [6.45, 7) is 3.19. The second-order valence-corrected chi connectivity index (χ2v) is 17.6. The first kappa shape index (κ1) is 66.8. The summed E-state index contributed by atoms with van der Waals surface area (Å²) in [5.41, 5.74) is -0.210. The average molecular weight is 1120 g/mol. The number of hydrogen-bond acceptors (Lipinski definition) is 17. The zero-order chi connectivity index (χ0) is 52.8. The van der Waals surface area contributed by atoms with Crippen molar-refractivity contribution in [3.8, 4) is 23.0 Å². The summed E-state index contributed by atoms with van der Waals surface area (Å²) in [5.74, 6) is -6.56. The first-order chi connectivity index (χ1) is 33.9. The summed E-state index contributed by atoms with van der Waals surface area (Å²) >= 11 is 0. The molecule has 0 fully saturated rings. The van der Waals surface area contributed by atoms with Gasteiger partial charge in [0, 0.05) is 147 Å². The molecule has 376 valence electrons. The van der Waals surface area contributed by atoms with Crippen LogP contribution in [0.2, 0.25) is 0 Å². The zero-order valence-electron chi connectivity index (χ0n) is 41.5. The van der Waals surface area contributed by atoms with Gasteiger partial charge >= 0.3 is 11.9 Å². The summed E-state index contributed by atoms with van der Waals surface area (Å²) in [7, 11) is -7.46. The summed E-state index contributed by atoms with van der Waals surface area (Å²) in [6.07, 6.45) is 0. The predicted molar refractivity (Wildman–Crippen MR) is 280 cm³/mol. The van der Waals surface area contributed by atoms with Gasteiger partial charge in [-0.2, -0.15) is 42.3 Å². The number of benzene rings is 6. The van der Waals surface area contributed by atoms with Crippen molar-refractivity contribution in [1.82, 2.24) is 0 Å². The Morgan fingerprint density at radius 1 is 0.500 bits per heavy atom. The number of rotatable bonds is 16. The molecule has 0 aliphatic heterocycles. The van der Waals surface area contributed by atoms with Gasteiger partial charge in [0.2, 0.25) is 11.8 Å². The summed E-state index contributed by atoms with van der Waals surface area (Å²) in [4.78, 5) is 33.7. The molecule has 4 radical (unpaired) electrons. The van der Waals surface area contributed by atoms with Crippen molar-refractivity contribution in [2.75, 3.05) is 19.5 Å². The predicted octanol–water partition coefficient (Wildman–Crippen LogP) is 7.86. The standard InChI is InChI=1S/C45H38N8O17S2.4Na/c1-21-11-33(35(69-3)19-31(21)52-50-27-15-29(43(58)59)39(54)37(17-27)71(63,64)65)48-41(56)23-7-5-9-25(13-23)46-45(62)47-26-10-6-8-24(14-26)42(57)49-34-12-22(2)32(20-36(34)70-4)53-51-28-16-30(44(60)61)40(55)38(18-28)72(66,67)68;;;;/h5-20,54-55H,1-4H3,(H,48,56)(H,49,57)(H,58,59)(H,60,61)(H2,46,47,62)(H,63,64,65)(H,66,67,68);;;;. The van der Waals surface area contributed by atoms with Crippen molar-refractivity contribution >= 4 is 214 Å². The largest absolute Gasteiger partial charge is 0.506 e. The molecular weight excluding hydrogens is 1080 g/mol. The number of aliphatic imine (C=N–C) groups is 3. The third-order valence-electron chi connectivity index (χ3n) is 9.85. The second kappa shape index (κ2) is 28.4. The number of aliphatic hydroxyl groups excluding tert-OH is 3. The molecule has 0 aromatic heterocycles. The molecule has 0 aliphatic carbocycles. The fourth-order valence-corrected chi connectivity index (χ4v) is 7.62. The second-order valence-electron chi connectivity index (χ2n) is 14.8. The van der Waals surface area contributed by atoms with Gasteiger partial charge in [0.15, 0.2) is 11.5 Å². The zero-order valence-corrected chi connectivity index (χ0v) is 51.1. The first-order valence-electron chi connectivity index (χ1n) is 20.0. The van der Waals surface area contributed by atoms with E-state index in [1.165, 1.54) is 74.9 Å². The number of anilines is 1. The number of azo groups is 2. The smallest absolute Gasteiger partial charge is 0.339 e. The van der Waals surface area contributed by atoms with Crippen molar-refractivity contribution in [2.24, 2.45) is 35.4 Å². The summed E-state index contributed by atoms with van der Waals surface area (Å²) < 4.78 is 76.8. The maximum Gasteiger partial charge on any atom is 0.339 e. The number of aromatic carboxylic acids is 2. The van der Waals surface area contributed by atoms with Crippen molar-refractivity contribution < 1.29 is 80.7 Å². The minimum atomic E-state index is -5.04. The van der Waals surface area contributed by atoms with E-state index in [1.807, 2.05) is 0 Å². The third-order valence-corrected chi connectivity index (χ3v) is 11.6. The number of aryl methyl sites for hydroxylation is 2. The van der Waals surface area contributed by atoms with Gasteiger partial charge < -0.3 is 50.5 Å². The van der Waals surface area contributed by atoms with Crippen molar-refractivity contribution in [1.29, 1.82) is 0 Å². The van der Waals surface area contributed by atoms with Gasteiger partial charge in [-0.25, -0.2) is 19.6 Å². The molecular formula is C45H38N8Na4O17S2. The molecule has 0 spiro atoms. The molecule has 0 atom stereocenters. The van der Waals surface area contributed by atoms with Gasteiger partial charge in [-0.05, 0) is 97.8 Å². The quantitative estimate of drug-likeness (QED) is 0.0145. The Morgan fingerprint density at radius 3 is 1.30 bits per heavy atom. The minimum absolute atomic E-state index is 0. The van der Waals surface area contributed by atoms with Crippen LogP contribution in [0.25, 0.3) is 0 Å². The molecule has 0 unspecified atom stereocenters. The van der Waals surface area contributed by atoms with E-state index < -0.39 is 82.4 Å². The molecule has 25 nitrogen and oxygen atoms in total. The van der Waals surface area contributed by atoms with E-state index in [0.717, 1.165) is 24.3 Å². The van der Waals surface area contributed by atoms with Crippen LogP contribution in [0.1, 0.15) is 43.0 Å². The number of hydrogen-bond donors (Lipinski definition) is 10. The number of carbonyl (C=O) groups is 2. The molecule has 0 saturated carbocycles. The van der Waals surface area contributed by atoms with Gasteiger partial charge in [-0.15, -0.1) is 0 Å². The van der Waals surface area contributed by atoms with Crippen LogP contribution in [0, 0.1) is 13.8 Å². The Bertz CT molecular complexity index is 3600. The van der Waals surface area contributed by atoms with E-state index in [4.69, 9.17) is 9.47 Å². The molecule has 10 N–H and O–H groups in total. The van der Waals surface area contributed by atoms with E-state index >= 15 is 0 Å². The third kappa shape index (κ3) is 16.8. The van der Waals surface area contributed by atoms with Gasteiger partial charge in [-0.3, -0.25) is 9.11 Å². The van der Waals surface area contributed by atoms with Crippen LogP contribution in [0.15, 0.2) is 142 Å². The van der Waals surface area contributed by atoms with Crippen LogP contribution < -0.4 is 14.8 Å². The molecule has 0 amide bonds. The van der Waals surface area contributed by atoms with Crippen molar-refractivity contribution in [3.05, 3.63) is 130 Å². The number of aliphatic hydroxyl groups is 3. The Morgan fingerprint density at radius 2 is 0.908 bits per heavy atom. The number of ether oxygens (including phenoxy) is 2. The SMILES string of the molecule is COc1cc(N=Nc2cc(C(=O)O)c(O)c(S(=O)(=O)O)c2)c(C)cc1N=C(O)c1cccc(N=C(O)Nc2cccc(C(O)=Nc3cc(C)c(N=Nc4cc(C(=O)O)c(O)c(S(=O)(=O)O)c4)cc3OC)c2)c1.[Na].[Na].[Na].[Na]. The molecule has 0 bridgehead atoms. The number of methoxy groups -OCH3 is 2. The summed E-state index contributed by atoms with van der Waals surface area (Å²) in [6, 6.07) is 20.3. The average Bonchev–Trinajstić information content (AvgIpc) is 3.30. The molecule has 6 aromatic carbocycles. The van der Waals surface area contributed by atoms with Crippen molar-refractivity contribution in [3.63, 3.8) is 0 Å². The molecule has 6 aromatic rings. The number of amidine groups is 1. The van der Waals surface area contributed by atoms with Crippen LogP contribution in [0.3, 0.4) is 0 Å². The minimum Gasteiger partial charge on any atom is -0.506 e. The number of carboxylic acids is 2. The fourth-order valence-electron chi connectivity index (χ4n) is 6.37. The van der Waals surface area contributed by atoms with E-state index in [0.29, 0.717) is 11.1 Å². The van der Waals surface area contributed by atoms with E-state index in [9.17, 15) is 71.3 Å².